The molecule has 2 N–H and O–H groups in total. The fraction of sp³-hybridized carbons (Fsp3) is 0.364. The van der Waals surface area contributed by atoms with Crippen molar-refractivity contribution in [3.05, 3.63) is 42.2 Å². The Hall–Kier alpha value is -1.75. The molecule has 16 heavy (non-hydrogen) atoms. The van der Waals surface area contributed by atoms with Gasteiger partial charge in [-0.1, -0.05) is 0 Å². The maximum atomic E-state index is 6.04. The molecule has 2 rings (SSSR count). The first-order valence-electron chi connectivity index (χ1n) is 5.26. The zero-order valence-electron chi connectivity index (χ0n) is 9.24. The number of rotatable bonds is 4. The number of hydrogen-bond acceptors (Lipinski definition) is 4. The lowest BCUT2D eigenvalue weighted by Gasteiger charge is -2.10. The van der Waals surface area contributed by atoms with E-state index in [1.165, 1.54) is 12.0 Å². The molecule has 1 atom stereocenters. The van der Waals surface area contributed by atoms with Crippen molar-refractivity contribution in [1.29, 1.82) is 0 Å². The Labute approximate surface area is 94.3 Å². The van der Waals surface area contributed by atoms with Gasteiger partial charge in [0.2, 0.25) is 0 Å². The first-order valence-corrected chi connectivity index (χ1v) is 5.26. The van der Waals surface area contributed by atoms with Gasteiger partial charge in [-0.05, 0) is 25.0 Å². The molecule has 1 unspecified atom stereocenters. The van der Waals surface area contributed by atoms with Gasteiger partial charge in [0.05, 0.1) is 5.69 Å². The van der Waals surface area contributed by atoms with Crippen LogP contribution in [0.5, 0.6) is 0 Å². The van der Waals surface area contributed by atoms with Gasteiger partial charge in [-0.25, -0.2) is 9.97 Å². The first-order chi connectivity index (χ1) is 7.77. The number of aryl methyl sites for hydroxylation is 2. The van der Waals surface area contributed by atoms with Crippen LogP contribution >= 0.6 is 0 Å². The normalized spacial score (nSPS) is 12.6. The van der Waals surface area contributed by atoms with E-state index in [4.69, 9.17) is 5.73 Å². The average molecular weight is 217 g/mol. The Bertz CT molecular complexity index is 437. The van der Waals surface area contributed by atoms with Crippen LogP contribution in [0.3, 0.4) is 0 Å². The van der Waals surface area contributed by atoms with Gasteiger partial charge < -0.3 is 5.73 Å². The fourth-order valence-electron chi connectivity index (χ4n) is 1.62. The smallest absolute Gasteiger partial charge is 0.115 e. The zero-order valence-corrected chi connectivity index (χ0v) is 9.24. The summed E-state index contributed by atoms with van der Waals surface area (Å²) < 4.78 is 1.87. The summed E-state index contributed by atoms with van der Waals surface area (Å²) in [4.78, 5) is 8.01. The highest BCUT2D eigenvalue weighted by Crippen LogP contribution is 2.13. The molecule has 0 aliphatic carbocycles. The van der Waals surface area contributed by atoms with Crippen LogP contribution in [0.2, 0.25) is 0 Å². The van der Waals surface area contributed by atoms with Crippen LogP contribution in [0.4, 0.5) is 0 Å². The average Bonchev–Trinajstić information content (AvgIpc) is 2.73. The van der Waals surface area contributed by atoms with Gasteiger partial charge in [0.1, 0.15) is 6.33 Å². The van der Waals surface area contributed by atoms with E-state index in [1.807, 2.05) is 23.9 Å². The summed E-state index contributed by atoms with van der Waals surface area (Å²) in [5.41, 5.74) is 8.11. The minimum Gasteiger partial charge on any atom is -0.323 e. The van der Waals surface area contributed by atoms with Crippen LogP contribution in [-0.2, 0) is 13.5 Å². The van der Waals surface area contributed by atoms with E-state index >= 15 is 0 Å². The van der Waals surface area contributed by atoms with Crippen molar-refractivity contribution in [2.75, 3.05) is 0 Å². The number of aromatic nitrogens is 4. The second kappa shape index (κ2) is 4.85. The van der Waals surface area contributed by atoms with Gasteiger partial charge >= 0.3 is 0 Å². The predicted octanol–water partition coefficient (Wildman–Crippen LogP) is 0.843. The Morgan fingerprint density at radius 1 is 1.38 bits per heavy atom. The van der Waals surface area contributed by atoms with Gasteiger partial charge in [-0.3, -0.25) is 4.68 Å². The first kappa shape index (κ1) is 10.8. The zero-order chi connectivity index (χ0) is 11.4. The van der Waals surface area contributed by atoms with Crippen LogP contribution < -0.4 is 5.73 Å². The Kier molecular flexibility index (Phi) is 3.26. The highest BCUT2D eigenvalue weighted by Gasteiger charge is 2.08. The quantitative estimate of drug-likeness (QED) is 0.824. The van der Waals surface area contributed by atoms with Gasteiger partial charge in [0.25, 0.3) is 0 Å². The van der Waals surface area contributed by atoms with Crippen LogP contribution in [0.15, 0.2) is 30.9 Å². The van der Waals surface area contributed by atoms with E-state index < -0.39 is 0 Å². The SMILES string of the molecule is Cn1nccc1CCC(N)c1ccncn1. The van der Waals surface area contributed by atoms with E-state index in [0.29, 0.717) is 0 Å². The maximum absolute atomic E-state index is 6.04. The Balaban J connectivity index is 1.94. The van der Waals surface area contributed by atoms with E-state index in [0.717, 1.165) is 18.5 Å². The Morgan fingerprint density at radius 3 is 2.88 bits per heavy atom. The molecular formula is C11H15N5. The minimum atomic E-state index is -0.0436. The summed E-state index contributed by atoms with van der Waals surface area (Å²) in [7, 11) is 1.94. The monoisotopic (exact) mass is 217 g/mol. The molecule has 0 bridgehead atoms. The van der Waals surface area contributed by atoms with Crippen molar-refractivity contribution in [3.8, 4) is 0 Å². The van der Waals surface area contributed by atoms with E-state index in [1.54, 1.807) is 12.4 Å². The largest absolute Gasteiger partial charge is 0.323 e. The van der Waals surface area contributed by atoms with Crippen molar-refractivity contribution in [2.24, 2.45) is 12.8 Å². The molecule has 2 heterocycles. The standard InChI is InChI=1S/C11H15N5/c1-16-9(4-7-15-16)2-3-10(12)11-5-6-13-8-14-11/h4-8,10H,2-3,12H2,1H3. The second-order valence-electron chi connectivity index (χ2n) is 3.73. The molecule has 84 valence electrons. The molecule has 5 nitrogen and oxygen atoms in total. The molecule has 0 saturated carbocycles. The molecule has 0 saturated heterocycles. The topological polar surface area (TPSA) is 69.6 Å². The third-order valence-electron chi connectivity index (χ3n) is 2.62. The number of nitrogens with two attached hydrogens (primary N) is 1. The second-order valence-corrected chi connectivity index (χ2v) is 3.73. The van der Waals surface area contributed by atoms with Gasteiger partial charge in [-0.2, -0.15) is 5.10 Å². The summed E-state index contributed by atoms with van der Waals surface area (Å²) >= 11 is 0. The third kappa shape index (κ3) is 2.43. The minimum absolute atomic E-state index is 0.0436. The molecule has 0 fully saturated rings. The van der Waals surface area contributed by atoms with E-state index in [2.05, 4.69) is 15.1 Å². The molecular weight excluding hydrogens is 202 g/mol. The van der Waals surface area contributed by atoms with Crippen LogP contribution in [0.1, 0.15) is 23.9 Å². The third-order valence-corrected chi connectivity index (χ3v) is 2.62. The highest BCUT2D eigenvalue weighted by molar-refractivity contribution is 5.06. The molecule has 0 spiro atoms. The van der Waals surface area contributed by atoms with Crippen LogP contribution in [-0.4, -0.2) is 19.7 Å². The van der Waals surface area contributed by atoms with Crippen LogP contribution in [0, 0.1) is 0 Å². The molecule has 0 aliphatic rings. The molecule has 0 aliphatic heterocycles. The van der Waals surface area contributed by atoms with Crippen LogP contribution in [0.25, 0.3) is 0 Å². The number of nitrogens with zero attached hydrogens (tertiary/aromatic N) is 4. The van der Waals surface area contributed by atoms with Crippen molar-refractivity contribution in [1.82, 2.24) is 19.7 Å². The fourth-order valence-corrected chi connectivity index (χ4v) is 1.62. The molecule has 0 amide bonds. The summed E-state index contributed by atoms with van der Waals surface area (Å²) in [6.45, 7) is 0. The lowest BCUT2D eigenvalue weighted by atomic mass is 10.1. The summed E-state index contributed by atoms with van der Waals surface area (Å²) in [6.07, 6.45) is 6.80. The molecule has 0 radical (unpaired) electrons. The summed E-state index contributed by atoms with van der Waals surface area (Å²) in [5, 5.41) is 4.12. The van der Waals surface area contributed by atoms with Gasteiger partial charge in [-0.15, -0.1) is 0 Å². The molecule has 2 aromatic heterocycles. The molecule has 5 heteroatoms. The summed E-state index contributed by atoms with van der Waals surface area (Å²) in [5.74, 6) is 0. The van der Waals surface area contributed by atoms with Gasteiger partial charge in [0.15, 0.2) is 0 Å². The lowest BCUT2D eigenvalue weighted by molar-refractivity contribution is 0.601. The van der Waals surface area contributed by atoms with Crippen molar-refractivity contribution in [2.45, 2.75) is 18.9 Å². The molecule has 2 aromatic rings. The lowest BCUT2D eigenvalue weighted by Crippen LogP contribution is -2.13. The van der Waals surface area contributed by atoms with E-state index in [-0.39, 0.29) is 6.04 Å². The van der Waals surface area contributed by atoms with E-state index in [9.17, 15) is 0 Å². The highest BCUT2D eigenvalue weighted by atomic mass is 15.2. The number of hydrogen-bond donors (Lipinski definition) is 1. The molecule has 0 aromatic carbocycles. The predicted molar refractivity (Wildman–Crippen MR) is 60.5 cm³/mol. The van der Waals surface area contributed by atoms with Crippen molar-refractivity contribution >= 4 is 0 Å². The van der Waals surface area contributed by atoms with Crippen molar-refractivity contribution < 1.29 is 0 Å². The van der Waals surface area contributed by atoms with Crippen molar-refractivity contribution in [3.63, 3.8) is 0 Å². The summed E-state index contributed by atoms with van der Waals surface area (Å²) in [6, 6.07) is 3.82. The Morgan fingerprint density at radius 2 is 2.25 bits per heavy atom. The van der Waals surface area contributed by atoms with Gasteiger partial charge in [0, 0.05) is 31.2 Å². The maximum Gasteiger partial charge on any atom is 0.115 e.